The van der Waals surface area contributed by atoms with E-state index in [0.717, 1.165) is 49.2 Å². The maximum Gasteiger partial charge on any atom is 0.350 e. The molecular weight excluding hydrogens is 541 g/mol. The number of aliphatic imine (C=N–C) groups is 2. The smallest absolute Gasteiger partial charge is 0.350 e. The molecule has 0 bridgehead atoms. The van der Waals surface area contributed by atoms with Crippen LogP contribution in [0.5, 0.6) is 0 Å². The van der Waals surface area contributed by atoms with E-state index in [9.17, 15) is 15.8 Å². The molecule has 0 atom stereocenters. The molecule has 6 nitrogen and oxygen atoms in total. The summed E-state index contributed by atoms with van der Waals surface area (Å²) in [4.78, 5) is 16.3. The summed E-state index contributed by atoms with van der Waals surface area (Å²) in [5, 5.41) is 29.0. The van der Waals surface area contributed by atoms with Crippen LogP contribution in [0.3, 0.4) is 0 Å². The molecule has 3 aromatic rings. The lowest BCUT2D eigenvalue weighted by Gasteiger charge is -2.41. The lowest BCUT2D eigenvalue weighted by molar-refractivity contribution is 0.321. The van der Waals surface area contributed by atoms with Crippen LogP contribution in [0.2, 0.25) is 0 Å². The average Bonchev–Trinajstić information content (AvgIpc) is 3.73. The first kappa shape index (κ1) is 24.4. The molecule has 0 radical (unpaired) electrons. The second-order valence-electron chi connectivity index (χ2n) is 10.8. The Bertz CT molecular complexity index is 1790. The van der Waals surface area contributed by atoms with E-state index < -0.39 is 0 Å². The van der Waals surface area contributed by atoms with Gasteiger partial charge in [-0.15, -0.1) is 22.7 Å². The molecule has 7 rings (SSSR count). The van der Waals surface area contributed by atoms with Crippen molar-refractivity contribution in [3.05, 3.63) is 44.7 Å². The Kier molecular flexibility index (Phi) is 5.62. The van der Waals surface area contributed by atoms with Crippen molar-refractivity contribution in [2.24, 2.45) is 9.98 Å². The van der Waals surface area contributed by atoms with Gasteiger partial charge in [0.15, 0.2) is 0 Å². The van der Waals surface area contributed by atoms with Gasteiger partial charge in [-0.2, -0.15) is 10.5 Å². The van der Waals surface area contributed by atoms with Crippen molar-refractivity contribution in [3.63, 3.8) is 0 Å². The van der Waals surface area contributed by atoms with Gasteiger partial charge in [0.05, 0.1) is 20.0 Å². The Morgan fingerprint density at radius 2 is 1.46 bits per heavy atom. The van der Waals surface area contributed by atoms with Crippen molar-refractivity contribution < 1.29 is 0 Å². The summed E-state index contributed by atoms with van der Waals surface area (Å²) < 4.78 is 2.45. The summed E-state index contributed by atoms with van der Waals surface area (Å²) in [5.74, 6) is -0.127. The molecule has 4 aliphatic rings. The standard InChI is InChI=1S/C30H22N6S3/c1-34-21(16-33)36-22-13-19-26(39-22)25-28(38-19)27-24(30(25)10-6-3-7-11-30)23-18(37-27)12-20(35-17(14-31)15-32)29(23)8-4-2-5-9-29/h12-13H,2-11H2/b36-21-. The fourth-order valence-electron chi connectivity index (χ4n) is 7.51. The molecule has 0 N–H and O–H groups in total. The summed E-state index contributed by atoms with van der Waals surface area (Å²) in [5.41, 5.74) is 4.94. The number of hydrogen-bond donors (Lipinski definition) is 0. The van der Waals surface area contributed by atoms with Gasteiger partial charge in [-0.3, -0.25) is 0 Å². The fourth-order valence-corrected chi connectivity index (χ4v) is 11.8. The number of nitrogens with zero attached hydrogens (tertiary/aromatic N) is 6. The molecule has 0 saturated heterocycles. The predicted octanol–water partition coefficient (Wildman–Crippen LogP) is 8.77. The number of thiophene rings is 3. The van der Waals surface area contributed by atoms with Crippen molar-refractivity contribution in [1.82, 2.24) is 0 Å². The molecule has 9 heteroatoms. The van der Waals surface area contributed by atoms with Gasteiger partial charge in [0.2, 0.25) is 10.7 Å². The highest BCUT2D eigenvalue weighted by molar-refractivity contribution is 7.33. The van der Waals surface area contributed by atoms with Gasteiger partial charge in [0, 0.05) is 32.2 Å². The fraction of sp³-hybridized carbons (Fsp3) is 0.400. The van der Waals surface area contributed by atoms with Crippen LogP contribution in [0.4, 0.5) is 5.00 Å². The van der Waals surface area contributed by atoms with Crippen molar-refractivity contribution in [2.75, 3.05) is 0 Å². The minimum absolute atomic E-state index is 0.0559. The van der Waals surface area contributed by atoms with Crippen LogP contribution in [0.15, 0.2) is 21.7 Å². The summed E-state index contributed by atoms with van der Waals surface area (Å²) in [6, 6.07) is 7.92. The monoisotopic (exact) mass is 562 g/mol. The first-order valence-electron chi connectivity index (χ1n) is 13.3. The summed E-state index contributed by atoms with van der Waals surface area (Å²) in [6.45, 7) is 7.23. The highest BCUT2D eigenvalue weighted by Gasteiger charge is 2.55. The van der Waals surface area contributed by atoms with Crippen LogP contribution < -0.4 is 0 Å². The Balaban J connectivity index is 1.47. The van der Waals surface area contributed by atoms with Gasteiger partial charge < -0.3 is 4.85 Å². The number of hydrogen-bond acceptors (Lipinski definition) is 8. The highest BCUT2D eigenvalue weighted by Crippen LogP contribution is 2.69. The predicted molar refractivity (Wildman–Crippen MR) is 158 cm³/mol. The van der Waals surface area contributed by atoms with E-state index >= 15 is 0 Å². The third kappa shape index (κ3) is 3.31. The highest BCUT2D eigenvalue weighted by atomic mass is 32.1. The van der Waals surface area contributed by atoms with Crippen molar-refractivity contribution in [1.29, 1.82) is 15.8 Å². The lowest BCUT2D eigenvalue weighted by Crippen LogP contribution is -2.35. The number of rotatable bonds is 2. The number of fused-ring (bicyclic) bond motifs is 10. The van der Waals surface area contributed by atoms with E-state index in [2.05, 4.69) is 20.9 Å². The normalized spacial score (nSPS) is 19.9. The minimum atomic E-state index is -0.226. The maximum absolute atomic E-state index is 9.51. The molecule has 39 heavy (non-hydrogen) atoms. The van der Waals surface area contributed by atoms with Gasteiger partial charge >= 0.3 is 5.84 Å². The van der Waals surface area contributed by atoms with Gasteiger partial charge in [0.1, 0.15) is 18.2 Å². The molecule has 3 heterocycles. The summed E-state index contributed by atoms with van der Waals surface area (Å²) >= 11 is 5.31. The molecule has 0 aromatic carbocycles. The minimum Gasteiger partial charge on any atom is -0.351 e. The molecule has 4 aliphatic carbocycles. The Morgan fingerprint density at radius 1 is 0.795 bits per heavy atom. The molecular formula is C30H22N6S3. The SMILES string of the molecule is [C-]#[N+]/C(C#N)=N\c1cc2sc3c(c2s1)C1(CCCCC1)c1c-3sc2c1C1(CCCCC1)C(N=C(C#N)C#N)=C2. The maximum atomic E-state index is 9.51. The van der Waals surface area contributed by atoms with Gasteiger partial charge in [-0.1, -0.05) is 61.4 Å². The Hall–Kier alpha value is -3.60. The second kappa shape index (κ2) is 8.97. The molecule has 0 aliphatic heterocycles. The average molecular weight is 563 g/mol. The first-order valence-corrected chi connectivity index (χ1v) is 15.8. The molecule has 2 fully saturated rings. The third-order valence-corrected chi connectivity index (χ3v) is 12.6. The van der Waals surface area contributed by atoms with E-state index in [-0.39, 0.29) is 22.4 Å². The van der Waals surface area contributed by atoms with E-state index in [0.29, 0.717) is 0 Å². The number of amidine groups is 1. The van der Waals surface area contributed by atoms with E-state index in [1.54, 1.807) is 11.3 Å². The lowest BCUT2D eigenvalue weighted by atomic mass is 9.62. The van der Waals surface area contributed by atoms with Crippen LogP contribution >= 0.6 is 34.0 Å². The van der Waals surface area contributed by atoms with Crippen LogP contribution in [-0.4, -0.2) is 11.5 Å². The molecule has 190 valence electrons. The molecule has 0 unspecified atom stereocenters. The first-order chi connectivity index (χ1) is 19.1. The zero-order valence-electron chi connectivity index (χ0n) is 21.1. The van der Waals surface area contributed by atoms with Gasteiger partial charge in [0.25, 0.3) is 0 Å². The zero-order chi connectivity index (χ0) is 26.8. The van der Waals surface area contributed by atoms with Crippen LogP contribution in [-0.2, 0) is 10.8 Å². The van der Waals surface area contributed by atoms with E-state index in [1.807, 2.05) is 46.9 Å². The molecule has 2 saturated carbocycles. The van der Waals surface area contributed by atoms with Crippen LogP contribution in [0.25, 0.3) is 30.1 Å². The van der Waals surface area contributed by atoms with Gasteiger partial charge in [-0.25, -0.2) is 10.3 Å². The number of nitriles is 3. The molecule has 2 spiro atoms. The Labute approximate surface area is 238 Å². The second-order valence-corrected chi connectivity index (χ2v) is 13.9. The number of allylic oxidation sites excluding steroid dienone is 1. The van der Waals surface area contributed by atoms with Crippen LogP contribution in [0.1, 0.15) is 85.8 Å². The van der Waals surface area contributed by atoms with E-state index in [4.69, 9.17) is 6.57 Å². The quantitative estimate of drug-likeness (QED) is 0.177. The summed E-state index contributed by atoms with van der Waals surface area (Å²) in [7, 11) is 0. The van der Waals surface area contributed by atoms with Crippen molar-refractivity contribution in [3.8, 4) is 28.0 Å². The van der Waals surface area contributed by atoms with Crippen LogP contribution in [0, 0.1) is 40.6 Å². The zero-order valence-corrected chi connectivity index (χ0v) is 23.6. The van der Waals surface area contributed by atoms with Crippen molar-refractivity contribution >= 4 is 66.0 Å². The van der Waals surface area contributed by atoms with E-state index in [1.165, 1.54) is 66.4 Å². The molecule has 0 amide bonds. The van der Waals surface area contributed by atoms with Crippen molar-refractivity contribution in [2.45, 2.75) is 75.0 Å². The Morgan fingerprint density at radius 3 is 2.10 bits per heavy atom. The molecule has 3 aromatic heterocycles. The third-order valence-electron chi connectivity index (χ3n) is 8.97. The topological polar surface area (TPSA) is 100 Å². The van der Waals surface area contributed by atoms with Gasteiger partial charge in [-0.05, 0) is 42.9 Å². The summed E-state index contributed by atoms with van der Waals surface area (Å²) in [6.07, 6.45) is 13.5. The largest absolute Gasteiger partial charge is 0.351 e.